The van der Waals surface area contributed by atoms with Crippen molar-refractivity contribution >= 4 is 19.4 Å². The average Bonchev–Trinajstić information content (AvgIpc) is 3.29. The van der Waals surface area contributed by atoms with Crippen LogP contribution in [0.15, 0.2) is 21.9 Å². The van der Waals surface area contributed by atoms with Crippen molar-refractivity contribution in [3.8, 4) is 5.75 Å². The number of phosphoric ester groups is 1. The first-order valence-electron chi connectivity index (χ1n) is 12.7. The Morgan fingerprint density at radius 2 is 1.76 bits per heavy atom. The number of halogens is 2. The van der Waals surface area contributed by atoms with E-state index in [1.807, 2.05) is 55.4 Å². The van der Waals surface area contributed by atoms with Crippen LogP contribution in [-0.4, -0.2) is 22.3 Å². The number of phosphoric acid groups is 1. The van der Waals surface area contributed by atoms with Gasteiger partial charge in [-0.3, -0.25) is 23.4 Å². The fourth-order valence-corrected chi connectivity index (χ4v) is 5.64. The van der Waals surface area contributed by atoms with Crippen molar-refractivity contribution in [2.45, 2.75) is 98.0 Å². The maximum atomic E-state index is 15.4. The molecule has 3 atom stereocenters. The molecule has 0 radical (unpaired) electrons. The van der Waals surface area contributed by atoms with Gasteiger partial charge in [-0.05, 0) is 35.3 Å². The van der Waals surface area contributed by atoms with Crippen LogP contribution in [0, 0.1) is 5.82 Å². The molecular formula is C26H37ClFN2O7P. The van der Waals surface area contributed by atoms with E-state index in [9.17, 15) is 14.2 Å². The molecule has 2 aliphatic rings. The third-order valence-electron chi connectivity index (χ3n) is 6.23. The van der Waals surface area contributed by atoms with E-state index in [4.69, 9.17) is 29.9 Å². The van der Waals surface area contributed by atoms with Crippen LogP contribution in [0.1, 0.15) is 91.1 Å². The SMILES string of the molecule is CC.CC(C)(C)c1cc(C(C)(C)C)c2c(c1F)COP(=O)(OCC1CCC(n3cc(Cl)c(=O)[nH]c3=O)O1)O2. The number of H-pyrrole nitrogens is 1. The number of nitrogens with one attached hydrogen (secondary N) is 1. The summed E-state index contributed by atoms with van der Waals surface area (Å²) in [6.07, 6.45) is 0.959. The highest BCUT2D eigenvalue weighted by Crippen LogP contribution is 2.58. The van der Waals surface area contributed by atoms with Crippen molar-refractivity contribution in [2.75, 3.05) is 6.61 Å². The second-order valence-electron chi connectivity index (χ2n) is 11.1. The van der Waals surface area contributed by atoms with E-state index in [1.54, 1.807) is 6.07 Å². The monoisotopic (exact) mass is 574 g/mol. The summed E-state index contributed by atoms with van der Waals surface area (Å²) in [5.41, 5.74) is -0.750. The van der Waals surface area contributed by atoms with Gasteiger partial charge in [-0.2, -0.15) is 0 Å². The Labute approximate surface area is 227 Å². The van der Waals surface area contributed by atoms with Crippen LogP contribution < -0.4 is 15.8 Å². The molecule has 1 fully saturated rings. The van der Waals surface area contributed by atoms with Crippen LogP contribution in [0.3, 0.4) is 0 Å². The fraction of sp³-hybridized carbons (Fsp3) is 0.615. The smallest absolute Gasteiger partial charge is 0.403 e. The number of rotatable bonds is 4. The van der Waals surface area contributed by atoms with E-state index in [2.05, 4.69) is 4.98 Å². The Kier molecular flexibility index (Phi) is 9.06. The highest BCUT2D eigenvalue weighted by molar-refractivity contribution is 7.49. The topological polar surface area (TPSA) is 109 Å². The molecule has 2 aliphatic heterocycles. The summed E-state index contributed by atoms with van der Waals surface area (Å²) in [6.45, 7) is 15.3. The van der Waals surface area contributed by atoms with Crippen molar-refractivity contribution in [2.24, 2.45) is 0 Å². The van der Waals surface area contributed by atoms with Gasteiger partial charge in [-0.25, -0.2) is 13.8 Å². The van der Waals surface area contributed by atoms with Gasteiger partial charge in [0.25, 0.3) is 5.56 Å². The van der Waals surface area contributed by atoms with Gasteiger partial charge in [0.05, 0.1) is 24.9 Å². The Morgan fingerprint density at radius 3 is 2.37 bits per heavy atom. The molecule has 4 rings (SSSR count). The standard InChI is InChI=1S/C24H31ClFN2O7P.C2H6/c1-23(2,3)15-9-16(24(4,5)6)20-14(19(15)26)12-33-36(31,35-20)32-11-13-7-8-18(34-13)28-10-17(25)21(29)27-22(28)30;1-2/h9-10,13,18H,7-8,11-12H2,1-6H3,(H,27,29,30);1-2H3. The number of ether oxygens (including phenoxy) is 1. The van der Waals surface area contributed by atoms with Crippen molar-refractivity contribution < 1.29 is 27.3 Å². The Hall–Kier alpha value is -1.97. The zero-order chi connectivity index (χ0) is 28.6. The predicted molar refractivity (Wildman–Crippen MR) is 144 cm³/mol. The van der Waals surface area contributed by atoms with Gasteiger partial charge in [0, 0.05) is 11.8 Å². The summed E-state index contributed by atoms with van der Waals surface area (Å²) in [4.78, 5) is 25.7. The Bertz CT molecular complexity index is 1340. The lowest BCUT2D eigenvalue weighted by Gasteiger charge is -2.33. The van der Waals surface area contributed by atoms with Gasteiger partial charge in [0.1, 0.15) is 22.8 Å². The maximum Gasteiger partial charge on any atom is 0.530 e. The molecule has 9 nitrogen and oxygen atoms in total. The zero-order valence-electron chi connectivity index (χ0n) is 23.1. The number of benzene rings is 1. The number of nitrogens with zero attached hydrogens (tertiary/aromatic N) is 1. The highest BCUT2D eigenvalue weighted by atomic mass is 35.5. The van der Waals surface area contributed by atoms with Crippen molar-refractivity contribution in [1.29, 1.82) is 0 Å². The van der Waals surface area contributed by atoms with Gasteiger partial charge >= 0.3 is 13.5 Å². The molecule has 0 saturated carbocycles. The second kappa shape index (κ2) is 11.3. The second-order valence-corrected chi connectivity index (χ2v) is 13.1. The largest absolute Gasteiger partial charge is 0.530 e. The molecule has 0 aliphatic carbocycles. The number of aromatic nitrogens is 2. The molecule has 3 heterocycles. The molecule has 38 heavy (non-hydrogen) atoms. The molecule has 2 aromatic rings. The number of hydrogen-bond donors (Lipinski definition) is 1. The van der Waals surface area contributed by atoms with Crippen LogP contribution in [-0.2, 0) is 35.8 Å². The number of aromatic amines is 1. The van der Waals surface area contributed by atoms with E-state index in [-0.39, 0.29) is 29.5 Å². The maximum absolute atomic E-state index is 15.4. The molecule has 0 amide bonds. The van der Waals surface area contributed by atoms with Crippen molar-refractivity contribution in [3.63, 3.8) is 0 Å². The summed E-state index contributed by atoms with van der Waals surface area (Å²) in [7, 11) is -4.07. The fourth-order valence-electron chi connectivity index (χ4n) is 4.24. The quantitative estimate of drug-likeness (QED) is 0.423. The lowest BCUT2D eigenvalue weighted by molar-refractivity contribution is -0.0265. The molecule has 3 unspecified atom stereocenters. The van der Waals surface area contributed by atoms with Crippen LogP contribution in [0.25, 0.3) is 0 Å². The Morgan fingerprint density at radius 1 is 1.13 bits per heavy atom. The summed E-state index contributed by atoms with van der Waals surface area (Å²) in [5, 5.41) is -0.137. The van der Waals surface area contributed by atoms with Gasteiger partial charge < -0.3 is 9.26 Å². The molecule has 0 bridgehead atoms. The van der Waals surface area contributed by atoms with Crippen LogP contribution in [0.2, 0.25) is 5.02 Å². The van der Waals surface area contributed by atoms with E-state index >= 15 is 4.39 Å². The molecule has 0 spiro atoms. The normalized spacial score (nSPS) is 23.3. The van der Waals surface area contributed by atoms with Crippen molar-refractivity contribution in [3.05, 3.63) is 60.6 Å². The zero-order valence-corrected chi connectivity index (χ0v) is 24.8. The van der Waals surface area contributed by atoms with Crippen LogP contribution in [0.5, 0.6) is 5.75 Å². The lowest BCUT2D eigenvalue weighted by Crippen LogP contribution is -2.32. The van der Waals surface area contributed by atoms with E-state index in [1.165, 1.54) is 10.8 Å². The van der Waals surface area contributed by atoms with Gasteiger partial charge in [0.15, 0.2) is 0 Å². The van der Waals surface area contributed by atoms with Crippen LogP contribution in [0.4, 0.5) is 4.39 Å². The third kappa shape index (κ3) is 6.42. The van der Waals surface area contributed by atoms with E-state index in [0.717, 1.165) is 0 Å². The molecule has 1 N–H and O–H groups in total. The summed E-state index contributed by atoms with van der Waals surface area (Å²) >= 11 is 5.83. The summed E-state index contributed by atoms with van der Waals surface area (Å²) in [5.74, 6) is -0.258. The molecule has 212 valence electrons. The minimum Gasteiger partial charge on any atom is -0.403 e. The van der Waals surface area contributed by atoms with E-state index in [0.29, 0.717) is 24.0 Å². The van der Waals surface area contributed by atoms with Crippen molar-refractivity contribution in [1.82, 2.24) is 9.55 Å². The molecular weight excluding hydrogens is 538 g/mol. The molecule has 1 aromatic carbocycles. The van der Waals surface area contributed by atoms with Gasteiger partial charge in [-0.1, -0.05) is 67.0 Å². The minimum atomic E-state index is -4.07. The number of hydrogen-bond acceptors (Lipinski definition) is 7. The molecule has 1 aromatic heterocycles. The average molecular weight is 575 g/mol. The van der Waals surface area contributed by atoms with Gasteiger partial charge in [-0.15, -0.1) is 0 Å². The highest BCUT2D eigenvalue weighted by Gasteiger charge is 2.41. The summed E-state index contributed by atoms with van der Waals surface area (Å²) in [6, 6.07) is 1.77. The molecule has 1 saturated heterocycles. The lowest BCUT2D eigenvalue weighted by atomic mass is 9.78. The number of fused-ring (bicyclic) bond motifs is 1. The Balaban J connectivity index is 0.00000195. The molecule has 12 heteroatoms. The third-order valence-corrected chi connectivity index (χ3v) is 7.82. The summed E-state index contributed by atoms with van der Waals surface area (Å²) < 4.78 is 52.6. The first-order valence-corrected chi connectivity index (χ1v) is 14.5. The first-order chi connectivity index (χ1) is 17.6. The van der Waals surface area contributed by atoms with Crippen LogP contribution >= 0.6 is 19.4 Å². The van der Waals surface area contributed by atoms with Gasteiger partial charge in [0.2, 0.25) is 0 Å². The minimum absolute atomic E-state index is 0.137. The predicted octanol–water partition coefficient (Wildman–Crippen LogP) is 6.36. The first kappa shape index (κ1) is 30.6. The van der Waals surface area contributed by atoms with E-state index < -0.39 is 48.1 Å².